The summed E-state index contributed by atoms with van der Waals surface area (Å²) < 4.78 is 11.3. The lowest BCUT2D eigenvalue weighted by molar-refractivity contribution is -0.150. The van der Waals surface area contributed by atoms with Gasteiger partial charge in [-0.15, -0.1) is 0 Å². The zero-order valence-electron chi connectivity index (χ0n) is 11.4. The van der Waals surface area contributed by atoms with Crippen molar-refractivity contribution < 1.29 is 24.2 Å². The molecule has 2 atom stereocenters. The second kappa shape index (κ2) is 5.81. The van der Waals surface area contributed by atoms with Gasteiger partial charge in [0.25, 0.3) is 0 Å². The number of fused-ring (bicyclic) bond motifs is 1. The Morgan fingerprint density at radius 3 is 2.70 bits per heavy atom. The second-order valence-corrected chi connectivity index (χ2v) is 4.78. The van der Waals surface area contributed by atoms with Crippen molar-refractivity contribution >= 4 is 11.9 Å². The molecule has 2 rings (SSSR count). The van der Waals surface area contributed by atoms with Crippen LogP contribution in [0.15, 0.2) is 24.3 Å². The van der Waals surface area contributed by atoms with Gasteiger partial charge in [0, 0.05) is 7.05 Å². The summed E-state index contributed by atoms with van der Waals surface area (Å²) in [7, 11) is 1.56. The molecule has 1 heterocycles. The van der Waals surface area contributed by atoms with Crippen molar-refractivity contribution in [1.29, 1.82) is 0 Å². The molecule has 0 saturated heterocycles. The minimum atomic E-state index is -1.13. The summed E-state index contributed by atoms with van der Waals surface area (Å²) in [5, 5.41) is 8.83. The Balaban J connectivity index is 1.95. The van der Waals surface area contributed by atoms with Crippen molar-refractivity contribution in [3.05, 3.63) is 24.3 Å². The van der Waals surface area contributed by atoms with Gasteiger partial charge >= 0.3 is 5.97 Å². The molecule has 1 aliphatic rings. The van der Waals surface area contributed by atoms with Gasteiger partial charge in [-0.05, 0) is 19.1 Å². The molecule has 1 N–H and O–H groups in total. The summed E-state index contributed by atoms with van der Waals surface area (Å²) in [6.07, 6.45) is -0.306. The lowest BCUT2D eigenvalue weighted by Gasteiger charge is -2.30. The van der Waals surface area contributed by atoms with Crippen LogP contribution >= 0.6 is 0 Å². The molecule has 6 heteroatoms. The van der Waals surface area contributed by atoms with Crippen molar-refractivity contribution in [3.63, 3.8) is 0 Å². The molecule has 1 amide bonds. The van der Waals surface area contributed by atoms with Crippen molar-refractivity contribution in [2.45, 2.75) is 13.0 Å². The fourth-order valence-electron chi connectivity index (χ4n) is 1.98. The van der Waals surface area contributed by atoms with Gasteiger partial charge in [-0.3, -0.25) is 9.59 Å². The van der Waals surface area contributed by atoms with Crippen LogP contribution in [-0.4, -0.2) is 48.2 Å². The minimum Gasteiger partial charge on any atom is -0.486 e. The lowest BCUT2D eigenvalue weighted by atomic mass is 10.1. The summed E-state index contributed by atoms with van der Waals surface area (Å²) in [6, 6.07) is 7.30. The van der Waals surface area contributed by atoms with E-state index in [0.717, 1.165) is 0 Å². The van der Waals surface area contributed by atoms with E-state index in [0.29, 0.717) is 18.1 Å². The van der Waals surface area contributed by atoms with Crippen LogP contribution in [0, 0.1) is 5.92 Å². The molecule has 0 aliphatic carbocycles. The van der Waals surface area contributed by atoms with E-state index in [1.54, 1.807) is 13.1 Å². The largest absolute Gasteiger partial charge is 0.486 e. The maximum atomic E-state index is 11.9. The number of nitrogens with zero attached hydrogens (tertiary/aromatic N) is 1. The van der Waals surface area contributed by atoms with Crippen molar-refractivity contribution in [2.24, 2.45) is 5.92 Å². The highest BCUT2D eigenvalue weighted by atomic mass is 16.6. The molecule has 6 nitrogen and oxygen atoms in total. The summed E-state index contributed by atoms with van der Waals surface area (Å²) in [4.78, 5) is 24.0. The van der Waals surface area contributed by atoms with Gasteiger partial charge in [0.15, 0.2) is 17.6 Å². The van der Waals surface area contributed by atoms with E-state index in [-0.39, 0.29) is 12.6 Å². The van der Waals surface area contributed by atoms with Crippen LogP contribution in [0.5, 0.6) is 11.5 Å². The number of ether oxygens (including phenoxy) is 2. The van der Waals surface area contributed by atoms with Crippen LogP contribution in [0.2, 0.25) is 0 Å². The molecule has 108 valence electrons. The molecule has 1 aliphatic heterocycles. The van der Waals surface area contributed by atoms with E-state index in [2.05, 4.69) is 0 Å². The van der Waals surface area contributed by atoms with E-state index in [1.807, 2.05) is 18.2 Å². The quantitative estimate of drug-likeness (QED) is 0.832. The van der Waals surface area contributed by atoms with E-state index in [1.165, 1.54) is 11.8 Å². The molecule has 2 unspecified atom stereocenters. The van der Waals surface area contributed by atoms with Gasteiger partial charge in [0.2, 0.25) is 5.91 Å². The average Bonchev–Trinajstić information content (AvgIpc) is 2.45. The van der Waals surface area contributed by atoms with Crippen LogP contribution in [0.3, 0.4) is 0 Å². The third-order valence-corrected chi connectivity index (χ3v) is 3.16. The van der Waals surface area contributed by atoms with E-state index in [9.17, 15) is 9.59 Å². The number of carboxylic acid groups (broad SMARTS) is 1. The Bertz CT molecular complexity index is 516. The number of carbonyl (C=O) groups is 2. The number of amides is 1. The van der Waals surface area contributed by atoms with Gasteiger partial charge in [-0.1, -0.05) is 12.1 Å². The first kappa shape index (κ1) is 14.2. The first-order chi connectivity index (χ1) is 9.49. The summed E-state index contributed by atoms with van der Waals surface area (Å²) in [6.45, 7) is 1.98. The van der Waals surface area contributed by atoms with Crippen LogP contribution in [0.1, 0.15) is 6.92 Å². The van der Waals surface area contributed by atoms with E-state index >= 15 is 0 Å². The number of carboxylic acids is 1. The number of carbonyl (C=O) groups excluding carboxylic acids is 1. The van der Waals surface area contributed by atoms with Crippen LogP contribution in [0.25, 0.3) is 0 Å². The predicted octanol–water partition coefficient (Wildman–Crippen LogP) is 1.01. The predicted molar refractivity (Wildman–Crippen MR) is 70.8 cm³/mol. The van der Waals surface area contributed by atoms with Gasteiger partial charge in [-0.25, -0.2) is 0 Å². The Morgan fingerprint density at radius 2 is 2.05 bits per heavy atom. The molecular weight excluding hydrogens is 262 g/mol. The molecule has 20 heavy (non-hydrogen) atoms. The number of hydrogen-bond acceptors (Lipinski definition) is 4. The van der Waals surface area contributed by atoms with Crippen LogP contribution in [-0.2, 0) is 9.59 Å². The van der Waals surface area contributed by atoms with Gasteiger partial charge in [-0.2, -0.15) is 0 Å². The number of rotatable bonds is 4. The summed E-state index contributed by atoms with van der Waals surface area (Å²) in [5.74, 6) is -1.32. The fraction of sp³-hybridized carbons (Fsp3) is 0.429. The molecule has 0 bridgehead atoms. The Hall–Kier alpha value is -2.24. The Labute approximate surface area is 116 Å². The third kappa shape index (κ3) is 3.01. The maximum Gasteiger partial charge on any atom is 0.315 e. The van der Waals surface area contributed by atoms with Crippen LogP contribution in [0.4, 0.5) is 0 Å². The zero-order valence-corrected chi connectivity index (χ0v) is 11.4. The van der Waals surface area contributed by atoms with E-state index < -0.39 is 17.8 Å². The lowest BCUT2D eigenvalue weighted by Crippen LogP contribution is -2.44. The Morgan fingerprint density at radius 1 is 1.40 bits per heavy atom. The number of para-hydroxylation sites is 2. The molecule has 0 radical (unpaired) electrons. The van der Waals surface area contributed by atoms with Crippen molar-refractivity contribution in [1.82, 2.24) is 4.90 Å². The molecule has 1 aromatic carbocycles. The van der Waals surface area contributed by atoms with Gasteiger partial charge in [0.05, 0.1) is 6.54 Å². The molecule has 0 saturated carbocycles. The van der Waals surface area contributed by atoms with Gasteiger partial charge < -0.3 is 19.5 Å². The monoisotopic (exact) mass is 279 g/mol. The number of aliphatic carboxylic acids is 1. The smallest absolute Gasteiger partial charge is 0.315 e. The number of benzene rings is 1. The highest BCUT2D eigenvalue weighted by Crippen LogP contribution is 2.30. The fourth-order valence-corrected chi connectivity index (χ4v) is 1.98. The standard InChI is InChI=1S/C14H17NO5/c1-9(14(17)18)13(16)15(2)7-10-8-19-11-5-3-4-6-12(11)20-10/h3-6,9-10H,7-8H2,1-2H3,(H,17,18). The first-order valence-electron chi connectivity index (χ1n) is 6.35. The molecule has 1 aromatic rings. The number of hydrogen-bond donors (Lipinski definition) is 1. The van der Waals surface area contributed by atoms with Crippen molar-refractivity contribution in [2.75, 3.05) is 20.2 Å². The first-order valence-corrected chi connectivity index (χ1v) is 6.35. The highest BCUT2D eigenvalue weighted by Gasteiger charge is 2.28. The second-order valence-electron chi connectivity index (χ2n) is 4.78. The number of likely N-dealkylation sites (N-methyl/N-ethyl adjacent to an activating group) is 1. The average molecular weight is 279 g/mol. The summed E-state index contributed by atoms with van der Waals surface area (Å²) in [5.41, 5.74) is 0. The highest BCUT2D eigenvalue weighted by molar-refractivity contribution is 5.96. The molecule has 0 fully saturated rings. The maximum absolute atomic E-state index is 11.9. The normalized spacial score (nSPS) is 18.2. The Kier molecular flexibility index (Phi) is 4.12. The summed E-state index contributed by atoms with van der Waals surface area (Å²) >= 11 is 0. The van der Waals surface area contributed by atoms with Gasteiger partial charge in [0.1, 0.15) is 12.5 Å². The molecular formula is C14H17NO5. The SMILES string of the molecule is CC(C(=O)O)C(=O)N(C)CC1COc2ccccc2O1. The zero-order chi connectivity index (χ0) is 14.7. The molecule has 0 aromatic heterocycles. The van der Waals surface area contributed by atoms with Crippen molar-refractivity contribution in [3.8, 4) is 11.5 Å². The van der Waals surface area contributed by atoms with E-state index in [4.69, 9.17) is 14.6 Å². The molecule has 0 spiro atoms. The minimum absolute atomic E-state index is 0.283. The third-order valence-electron chi connectivity index (χ3n) is 3.16. The van der Waals surface area contributed by atoms with Crippen LogP contribution < -0.4 is 9.47 Å². The topological polar surface area (TPSA) is 76.1 Å².